The van der Waals surface area contributed by atoms with Crippen molar-refractivity contribution in [2.75, 3.05) is 0 Å². The first-order valence-corrected chi connectivity index (χ1v) is 5.60. The van der Waals surface area contributed by atoms with E-state index in [0.29, 0.717) is 6.42 Å². The minimum absolute atomic E-state index is 0. The zero-order chi connectivity index (χ0) is 12.3. The average molecular weight is 282 g/mol. The molecule has 18 heavy (non-hydrogen) atoms. The smallest absolute Gasteiger partial charge is 0.846 e. The number of nitrogens with zero attached hydrogens (tertiary/aromatic N) is 1. The predicted molar refractivity (Wildman–Crippen MR) is 68.5 cm³/mol. The van der Waals surface area contributed by atoms with Gasteiger partial charge in [-0.1, -0.05) is 27.2 Å². The molecule has 0 bridgehead atoms. The van der Waals surface area contributed by atoms with Crippen LogP contribution in [0.1, 0.15) is 40.0 Å². The van der Waals surface area contributed by atoms with Gasteiger partial charge in [0.25, 0.3) is 5.91 Å². The molecule has 0 aromatic carbocycles. The molecule has 0 aromatic heterocycles. The van der Waals surface area contributed by atoms with E-state index in [-0.39, 0.29) is 45.4 Å². The largest absolute Gasteiger partial charge is 1.00 e. The summed E-state index contributed by atoms with van der Waals surface area (Å²) in [5.74, 6) is -1.20. The van der Waals surface area contributed by atoms with E-state index >= 15 is 0 Å². The predicted octanol–water partition coefficient (Wildman–Crippen LogP) is -2.75. The third-order valence-electron chi connectivity index (χ3n) is 3.33. The number of hydrogen-bond donors (Lipinski definition) is 1. The summed E-state index contributed by atoms with van der Waals surface area (Å²) in [7, 11) is 0. The molecule has 0 radical (unpaired) electrons. The van der Waals surface area contributed by atoms with Gasteiger partial charge in [0.1, 0.15) is 5.41 Å². The maximum absolute atomic E-state index is 11.9. The summed E-state index contributed by atoms with van der Waals surface area (Å²) in [6.45, 7) is 5.62. The number of rotatable bonds is 4. The number of carbonyl (C=O) groups is 2. The summed E-state index contributed by atoms with van der Waals surface area (Å²) in [5, 5.41) is 13.1. The molecule has 0 aliphatic carbocycles. The Morgan fingerprint density at radius 2 is 1.94 bits per heavy atom. The SMILES string of the molecule is CCCC(C)C1(CC)C(=O)N=C([O-])NC1=O.P.[Na+]. The maximum atomic E-state index is 11.9. The summed E-state index contributed by atoms with van der Waals surface area (Å²) in [5.41, 5.74) is -1.15. The van der Waals surface area contributed by atoms with E-state index in [1.54, 1.807) is 6.92 Å². The normalized spacial score (nSPS) is 24.3. The van der Waals surface area contributed by atoms with Crippen molar-refractivity contribution >= 4 is 27.7 Å². The molecular formula is C11H20N2NaO3P. The molecule has 0 aromatic rings. The van der Waals surface area contributed by atoms with Gasteiger partial charge in [-0.2, -0.15) is 9.90 Å². The van der Waals surface area contributed by atoms with E-state index in [4.69, 9.17) is 0 Å². The fourth-order valence-corrected chi connectivity index (χ4v) is 2.30. The Hall–Kier alpha value is 0.0400. The van der Waals surface area contributed by atoms with Crippen LogP contribution in [0.4, 0.5) is 0 Å². The van der Waals surface area contributed by atoms with Crippen molar-refractivity contribution < 1.29 is 44.3 Å². The van der Waals surface area contributed by atoms with Crippen LogP contribution >= 0.6 is 9.90 Å². The van der Waals surface area contributed by atoms with Gasteiger partial charge in [0.05, 0.1) is 6.02 Å². The van der Waals surface area contributed by atoms with Gasteiger partial charge in [-0.05, 0) is 18.8 Å². The van der Waals surface area contributed by atoms with E-state index in [1.165, 1.54) is 0 Å². The number of hydrogen-bond acceptors (Lipinski definition) is 3. The molecule has 0 saturated carbocycles. The van der Waals surface area contributed by atoms with Gasteiger partial charge in [0.15, 0.2) is 0 Å². The molecule has 2 amide bonds. The van der Waals surface area contributed by atoms with E-state index in [9.17, 15) is 14.7 Å². The number of amides is 2. The minimum Gasteiger partial charge on any atom is -0.846 e. The standard InChI is InChI=1S/C11H18N2O3.Na.H3P/c1-4-6-7(3)11(5-2)8(14)12-10(16)13-9(11)15;;/h7H,4-6H2,1-3H3,(H2,12,13,14,15,16);;1H3/q;+1;/p-1. The summed E-state index contributed by atoms with van der Waals surface area (Å²) >= 11 is 0. The summed E-state index contributed by atoms with van der Waals surface area (Å²) in [6.07, 6.45) is 2.02. The summed E-state index contributed by atoms with van der Waals surface area (Å²) in [4.78, 5) is 27.1. The third kappa shape index (κ3) is 3.53. The van der Waals surface area contributed by atoms with E-state index in [1.807, 2.05) is 13.8 Å². The fraction of sp³-hybridized carbons (Fsp3) is 0.727. The van der Waals surface area contributed by atoms with Gasteiger partial charge in [-0.15, -0.1) is 0 Å². The minimum atomic E-state index is -1.15. The molecule has 0 spiro atoms. The van der Waals surface area contributed by atoms with Crippen molar-refractivity contribution in [3.63, 3.8) is 0 Å². The van der Waals surface area contributed by atoms with Gasteiger partial charge >= 0.3 is 29.6 Å². The van der Waals surface area contributed by atoms with Crippen molar-refractivity contribution in [1.29, 1.82) is 0 Å². The van der Waals surface area contributed by atoms with Crippen molar-refractivity contribution in [1.82, 2.24) is 5.32 Å². The number of amidine groups is 1. The molecule has 7 heteroatoms. The molecular weight excluding hydrogens is 262 g/mol. The Morgan fingerprint density at radius 1 is 1.39 bits per heavy atom. The first-order valence-electron chi connectivity index (χ1n) is 5.60. The monoisotopic (exact) mass is 282 g/mol. The van der Waals surface area contributed by atoms with E-state index < -0.39 is 23.3 Å². The number of aliphatic imine (C=N–C) groups is 1. The molecule has 1 aliphatic heterocycles. The molecule has 1 heterocycles. The Bertz CT molecular complexity index is 349. The second-order valence-electron chi connectivity index (χ2n) is 4.19. The zero-order valence-electron chi connectivity index (χ0n) is 11.6. The van der Waals surface area contributed by atoms with Crippen LogP contribution in [0.5, 0.6) is 0 Å². The Kier molecular flexibility index (Phi) is 9.34. The molecule has 5 nitrogen and oxygen atoms in total. The van der Waals surface area contributed by atoms with Crippen LogP contribution in [0, 0.1) is 11.3 Å². The van der Waals surface area contributed by atoms with E-state index in [0.717, 1.165) is 12.8 Å². The second kappa shape index (κ2) is 8.26. The summed E-state index contributed by atoms with van der Waals surface area (Å²) < 4.78 is 0. The van der Waals surface area contributed by atoms with Crippen LogP contribution < -0.4 is 40.0 Å². The Balaban J connectivity index is 0. The Morgan fingerprint density at radius 3 is 2.33 bits per heavy atom. The summed E-state index contributed by atoms with van der Waals surface area (Å²) in [6, 6.07) is -0.845. The zero-order valence-corrected chi connectivity index (χ0v) is 15.0. The molecule has 98 valence electrons. The average Bonchev–Trinajstić information content (AvgIpc) is 2.18. The third-order valence-corrected chi connectivity index (χ3v) is 3.33. The van der Waals surface area contributed by atoms with Gasteiger partial charge in [0, 0.05) is 0 Å². The first-order chi connectivity index (χ1) is 7.48. The van der Waals surface area contributed by atoms with E-state index in [2.05, 4.69) is 10.3 Å². The molecule has 3 atom stereocenters. The van der Waals surface area contributed by atoms with Crippen LogP contribution in [-0.4, -0.2) is 17.8 Å². The number of carbonyl (C=O) groups excluding carboxylic acids is 2. The quantitative estimate of drug-likeness (QED) is 0.345. The molecule has 0 fully saturated rings. The van der Waals surface area contributed by atoms with Crippen molar-refractivity contribution in [3.8, 4) is 0 Å². The van der Waals surface area contributed by atoms with Gasteiger partial charge in [-0.25, -0.2) is 4.99 Å². The molecule has 1 rings (SSSR count). The fourth-order valence-electron chi connectivity index (χ4n) is 2.30. The molecule has 0 saturated heterocycles. The van der Waals surface area contributed by atoms with Gasteiger partial charge < -0.3 is 10.4 Å². The first kappa shape index (κ1) is 20.4. The van der Waals surface area contributed by atoms with Gasteiger partial charge in [0.2, 0.25) is 5.91 Å². The van der Waals surface area contributed by atoms with Crippen LogP contribution in [0.15, 0.2) is 4.99 Å². The molecule has 1 aliphatic rings. The van der Waals surface area contributed by atoms with Crippen LogP contribution in [0.3, 0.4) is 0 Å². The topological polar surface area (TPSA) is 81.6 Å². The van der Waals surface area contributed by atoms with Crippen LogP contribution in [0.25, 0.3) is 0 Å². The van der Waals surface area contributed by atoms with Gasteiger partial charge in [-0.3, -0.25) is 9.59 Å². The van der Waals surface area contributed by atoms with Crippen LogP contribution in [0.2, 0.25) is 0 Å². The van der Waals surface area contributed by atoms with Crippen LogP contribution in [-0.2, 0) is 9.59 Å². The second-order valence-corrected chi connectivity index (χ2v) is 4.19. The maximum Gasteiger partial charge on any atom is 1.00 e. The van der Waals surface area contributed by atoms with Crippen molar-refractivity contribution in [2.45, 2.75) is 40.0 Å². The Labute approximate surface area is 133 Å². The molecule has 3 unspecified atom stereocenters. The van der Waals surface area contributed by atoms with Crippen molar-refractivity contribution in [3.05, 3.63) is 0 Å². The number of nitrogens with one attached hydrogen (secondary N) is 1. The van der Waals surface area contributed by atoms with Crippen molar-refractivity contribution in [2.24, 2.45) is 16.3 Å². The molecule has 1 N–H and O–H groups in total.